The average molecular weight is 453 g/mol. The molecule has 0 atom stereocenters. The van der Waals surface area contributed by atoms with E-state index in [0.29, 0.717) is 17.0 Å². The highest BCUT2D eigenvalue weighted by Crippen LogP contribution is 2.33. The Morgan fingerprint density at radius 1 is 1.17 bits per heavy atom. The zero-order valence-corrected chi connectivity index (χ0v) is 16.3. The Hall–Kier alpha value is -1.92. The number of methoxy groups -OCH3 is 1. The van der Waals surface area contributed by atoms with Gasteiger partial charge in [-0.25, -0.2) is 0 Å². The van der Waals surface area contributed by atoms with Crippen molar-refractivity contribution in [3.8, 4) is 5.75 Å². The van der Waals surface area contributed by atoms with Crippen molar-refractivity contribution in [3.63, 3.8) is 0 Å². The molecule has 0 heterocycles. The number of anilines is 1. The van der Waals surface area contributed by atoms with Crippen molar-refractivity contribution < 1.29 is 14.3 Å². The summed E-state index contributed by atoms with van der Waals surface area (Å²) >= 11 is 6.83. The number of hydrogen-bond donors (Lipinski definition) is 1. The number of rotatable bonds is 5. The first-order chi connectivity index (χ1) is 11.4. The maximum Gasteiger partial charge on any atom is 0.248 e. The molecule has 0 bridgehead atoms. The molecule has 0 radical (unpaired) electrons. The molecule has 0 aliphatic carbocycles. The third kappa shape index (κ3) is 4.79. The number of ketones is 1. The van der Waals surface area contributed by atoms with Gasteiger partial charge in [0.15, 0.2) is 5.78 Å². The van der Waals surface area contributed by atoms with Crippen molar-refractivity contribution in [2.45, 2.75) is 6.92 Å². The van der Waals surface area contributed by atoms with Crippen LogP contribution in [0.4, 0.5) is 5.69 Å². The summed E-state index contributed by atoms with van der Waals surface area (Å²) in [6.07, 6.45) is 3.08. The van der Waals surface area contributed by atoms with Gasteiger partial charge in [0, 0.05) is 27.4 Å². The Kier molecular flexibility index (Phi) is 6.34. The minimum Gasteiger partial charge on any atom is -0.495 e. The van der Waals surface area contributed by atoms with Crippen LogP contribution in [0.1, 0.15) is 22.8 Å². The Bertz CT molecular complexity index is 816. The number of ether oxygens (including phenoxy) is 1. The van der Waals surface area contributed by atoms with Gasteiger partial charge in [0.05, 0.1) is 11.6 Å². The SMILES string of the molecule is COc1c(Br)cc(Br)cc1/C=C/C(=O)Nc1cccc(C(C)=O)c1. The predicted molar refractivity (Wildman–Crippen MR) is 103 cm³/mol. The van der Waals surface area contributed by atoms with Crippen LogP contribution in [0.25, 0.3) is 6.08 Å². The molecule has 2 rings (SSSR count). The van der Waals surface area contributed by atoms with Gasteiger partial charge in [-0.1, -0.05) is 28.1 Å². The van der Waals surface area contributed by atoms with Gasteiger partial charge in [-0.15, -0.1) is 0 Å². The smallest absolute Gasteiger partial charge is 0.248 e. The molecule has 0 spiro atoms. The van der Waals surface area contributed by atoms with Crippen molar-refractivity contribution in [2.75, 3.05) is 12.4 Å². The molecule has 124 valence electrons. The summed E-state index contributed by atoms with van der Waals surface area (Å²) in [7, 11) is 1.57. The van der Waals surface area contributed by atoms with Crippen LogP contribution in [0.15, 0.2) is 51.4 Å². The van der Waals surface area contributed by atoms with E-state index in [4.69, 9.17) is 4.74 Å². The molecule has 1 N–H and O–H groups in total. The average Bonchev–Trinajstić information content (AvgIpc) is 2.52. The van der Waals surface area contributed by atoms with E-state index in [2.05, 4.69) is 37.2 Å². The summed E-state index contributed by atoms with van der Waals surface area (Å²) in [5.74, 6) is 0.292. The largest absolute Gasteiger partial charge is 0.495 e. The fourth-order valence-corrected chi connectivity index (χ4v) is 3.50. The van der Waals surface area contributed by atoms with E-state index in [9.17, 15) is 9.59 Å². The van der Waals surface area contributed by atoms with Crippen molar-refractivity contribution in [3.05, 3.63) is 62.5 Å². The number of halogens is 2. The second-order valence-corrected chi connectivity index (χ2v) is 6.74. The van der Waals surface area contributed by atoms with Crippen molar-refractivity contribution >= 4 is 55.3 Å². The van der Waals surface area contributed by atoms with Crippen LogP contribution < -0.4 is 10.1 Å². The summed E-state index contributed by atoms with van der Waals surface area (Å²) in [5.41, 5.74) is 1.88. The quantitative estimate of drug-likeness (QED) is 0.508. The van der Waals surface area contributed by atoms with Crippen molar-refractivity contribution in [2.24, 2.45) is 0 Å². The van der Waals surface area contributed by atoms with Gasteiger partial charge in [-0.2, -0.15) is 0 Å². The highest BCUT2D eigenvalue weighted by atomic mass is 79.9. The minimum absolute atomic E-state index is 0.0506. The molecule has 0 aromatic heterocycles. The lowest BCUT2D eigenvalue weighted by Crippen LogP contribution is -2.08. The van der Waals surface area contributed by atoms with E-state index in [-0.39, 0.29) is 11.7 Å². The first-order valence-electron chi connectivity index (χ1n) is 7.04. The number of carbonyl (C=O) groups excluding carboxylic acids is 2. The lowest BCUT2D eigenvalue weighted by atomic mass is 10.1. The minimum atomic E-state index is -0.297. The lowest BCUT2D eigenvalue weighted by Gasteiger charge is -2.08. The Morgan fingerprint density at radius 2 is 1.92 bits per heavy atom. The molecule has 2 aromatic rings. The molecule has 2 aromatic carbocycles. The fraction of sp³-hybridized carbons (Fsp3) is 0.111. The normalized spacial score (nSPS) is 10.7. The molecule has 6 heteroatoms. The Labute approximate surface area is 157 Å². The molecular formula is C18H15Br2NO3. The molecule has 0 unspecified atom stereocenters. The van der Waals surface area contributed by atoms with E-state index in [1.165, 1.54) is 13.0 Å². The van der Waals surface area contributed by atoms with Gasteiger partial charge in [0.2, 0.25) is 5.91 Å². The van der Waals surface area contributed by atoms with E-state index in [0.717, 1.165) is 14.5 Å². The first kappa shape index (κ1) is 18.4. The van der Waals surface area contributed by atoms with Crippen LogP contribution in [0.5, 0.6) is 5.75 Å². The zero-order valence-electron chi connectivity index (χ0n) is 13.1. The fourth-order valence-electron chi connectivity index (χ4n) is 2.08. The highest BCUT2D eigenvalue weighted by molar-refractivity contribution is 9.11. The Morgan fingerprint density at radius 3 is 2.58 bits per heavy atom. The lowest BCUT2D eigenvalue weighted by molar-refractivity contribution is -0.111. The number of hydrogen-bond acceptors (Lipinski definition) is 3. The van der Waals surface area contributed by atoms with E-state index in [1.807, 2.05) is 12.1 Å². The summed E-state index contributed by atoms with van der Waals surface area (Å²) in [4.78, 5) is 23.5. The molecule has 0 saturated carbocycles. The second-order valence-electron chi connectivity index (χ2n) is 4.97. The van der Waals surface area contributed by atoms with Crippen molar-refractivity contribution in [1.82, 2.24) is 0 Å². The van der Waals surface area contributed by atoms with E-state index in [1.54, 1.807) is 37.5 Å². The topological polar surface area (TPSA) is 55.4 Å². The third-order valence-corrected chi connectivity index (χ3v) is 4.24. The molecule has 1 amide bonds. The second kappa shape index (κ2) is 8.26. The number of benzene rings is 2. The van der Waals surface area contributed by atoms with Gasteiger partial charge in [0.25, 0.3) is 0 Å². The standard InChI is InChI=1S/C18H15Br2NO3/c1-11(22)12-4-3-5-15(9-12)21-17(23)7-6-13-8-14(19)10-16(20)18(13)24-2/h3-10H,1-2H3,(H,21,23)/b7-6+. The van der Waals surface area contributed by atoms with Gasteiger partial charge < -0.3 is 10.1 Å². The summed E-state index contributed by atoms with van der Waals surface area (Å²) < 4.78 is 6.99. The van der Waals surface area contributed by atoms with Crippen LogP contribution in [0.3, 0.4) is 0 Å². The number of Topliss-reactive ketones (excluding diaryl/α,β-unsaturated/α-hetero) is 1. The summed E-state index contributed by atoms with van der Waals surface area (Å²) in [5, 5.41) is 2.73. The number of nitrogens with one attached hydrogen (secondary N) is 1. The van der Waals surface area contributed by atoms with E-state index < -0.39 is 0 Å². The third-order valence-electron chi connectivity index (χ3n) is 3.19. The molecule has 0 aliphatic heterocycles. The first-order valence-corrected chi connectivity index (χ1v) is 8.62. The van der Waals surface area contributed by atoms with Crippen LogP contribution >= 0.6 is 31.9 Å². The van der Waals surface area contributed by atoms with Crippen LogP contribution in [-0.2, 0) is 4.79 Å². The molecule has 0 saturated heterocycles. The number of carbonyl (C=O) groups is 2. The summed E-state index contributed by atoms with van der Waals surface area (Å²) in [6.45, 7) is 1.48. The van der Waals surface area contributed by atoms with Gasteiger partial charge in [0.1, 0.15) is 5.75 Å². The van der Waals surface area contributed by atoms with Gasteiger partial charge in [-0.05, 0) is 53.2 Å². The molecule has 0 fully saturated rings. The maximum absolute atomic E-state index is 12.1. The molecular weight excluding hydrogens is 438 g/mol. The van der Waals surface area contributed by atoms with Crippen LogP contribution in [0.2, 0.25) is 0 Å². The molecule has 4 nitrogen and oxygen atoms in total. The number of amides is 1. The van der Waals surface area contributed by atoms with Gasteiger partial charge >= 0.3 is 0 Å². The molecule has 0 aliphatic rings. The monoisotopic (exact) mass is 451 g/mol. The van der Waals surface area contributed by atoms with Crippen LogP contribution in [-0.4, -0.2) is 18.8 Å². The van der Waals surface area contributed by atoms with Gasteiger partial charge in [-0.3, -0.25) is 9.59 Å². The molecule has 24 heavy (non-hydrogen) atoms. The predicted octanol–water partition coefficient (Wildman–Crippen LogP) is 5.07. The highest BCUT2D eigenvalue weighted by Gasteiger charge is 2.08. The zero-order chi connectivity index (χ0) is 17.7. The van der Waals surface area contributed by atoms with Crippen LogP contribution in [0, 0.1) is 0 Å². The van der Waals surface area contributed by atoms with E-state index >= 15 is 0 Å². The van der Waals surface area contributed by atoms with Crippen molar-refractivity contribution in [1.29, 1.82) is 0 Å². The Balaban J connectivity index is 2.17. The maximum atomic E-state index is 12.1. The summed E-state index contributed by atoms with van der Waals surface area (Å²) in [6, 6.07) is 10.5.